The maximum Gasteiger partial charge on any atom is 0.276 e. The second-order valence-corrected chi connectivity index (χ2v) is 10.8. The fourth-order valence-electron chi connectivity index (χ4n) is 5.93. The van der Waals surface area contributed by atoms with Gasteiger partial charge >= 0.3 is 0 Å². The number of aromatic amines is 2. The number of benzene rings is 5. The molecule has 0 atom stereocenters. The Balaban J connectivity index is 1.60. The van der Waals surface area contributed by atoms with Crippen molar-refractivity contribution in [3.05, 3.63) is 189 Å². The monoisotopic (exact) mass is 574 g/mol. The lowest BCUT2D eigenvalue weighted by atomic mass is 9.82. The molecule has 44 heavy (non-hydrogen) atoms. The molecule has 0 radical (unpaired) electrons. The van der Waals surface area contributed by atoms with Gasteiger partial charge < -0.3 is 0 Å². The number of para-hydroxylation sites is 2. The van der Waals surface area contributed by atoms with E-state index in [1.54, 1.807) is 9.36 Å². The lowest BCUT2D eigenvalue weighted by Gasteiger charge is -2.18. The van der Waals surface area contributed by atoms with Crippen LogP contribution >= 0.6 is 0 Å². The molecule has 5 aromatic carbocycles. The van der Waals surface area contributed by atoms with E-state index in [0.29, 0.717) is 33.9 Å². The van der Waals surface area contributed by atoms with Crippen LogP contribution in [0.3, 0.4) is 0 Å². The fraction of sp³-hybridized carbons (Fsp3) is 0.0526. The summed E-state index contributed by atoms with van der Waals surface area (Å²) < 4.78 is 3.15. The van der Waals surface area contributed by atoms with Crippen molar-refractivity contribution >= 4 is 0 Å². The molecule has 0 aliphatic rings. The van der Waals surface area contributed by atoms with Crippen LogP contribution in [-0.2, 0) is 0 Å². The predicted octanol–water partition coefficient (Wildman–Crippen LogP) is 7.47. The minimum absolute atomic E-state index is 0.215. The summed E-state index contributed by atoms with van der Waals surface area (Å²) in [5, 5.41) is 6.84. The molecule has 0 aliphatic heterocycles. The SMILES string of the molecule is Cc1cccc(C(c2c(-c3ccccc3)[nH]n(-c3ccccc3)c2=O)c2c(-c3ccccc3)[nH]n(-c3ccccc3)c2=O)c1. The molecule has 7 aromatic rings. The molecule has 6 nitrogen and oxygen atoms in total. The molecule has 0 spiro atoms. The van der Waals surface area contributed by atoms with E-state index in [-0.39, 0.29) is 11.1 Å². The number of H-pyrrole nitrogens is 2. The number of hydrogen-bond donors (Lipinski definition) is 2. The van der Waals surface area contributed by atoms with E-state index in [0.717, 1.165) is 22.3 Å². The smallest absolute Gasteiger partial charge is 0.276 e. The Hall–Kier alpha value is -5.88. The molecule has 7 rings (SSSR count). The minimum Gasteiger partial charge on any atom is -0.290 e. The van der Waals surface area contributed by atoms with Crippen LogP contribution in [0, 0.1) is 6.92 Å². The fourth-order valence-corrected chi connectivity index (χ4v) is 5.93. The average Bonchev–Trinajstić information content (AvgIpc) is 3.60. The third-order valence-electron chi connectivity index (χ3n) is 7.96. The standard InChI is InChI=1S/C38H30N4O2/c1-26-15-14-20-29(25-26)32(33-35(27-16-6-2-7-17-27)39-41(37(33)43)30-21-10-4-11-22-30)34-36(28-18-8-3-9-19-28)40-42(38(34)44)31-23-12-5-13-24-31/h2-25,32,39-40H,1H3. The summed E-state index contributed by atoms with van der Waals surface area (Å²) >= 11 is 0. The van der Waals surface area contributed by atoms with E-state index in [9.17, 15) is 9.59 Å². The van der Waals surface area contributed by atoms with Gasteiger partial charge in [0.05, 0.1) is 33.9 Å². The first-order valence-corrected chi connectivity index (χ1v) is 14.6. The second-order valence-electron chi connectivity index (χ2n) is 10.8. The molecular formula is C38H30N4O2. The van der Waals surface area contributed by atoms with Crippen LogP contribution in [0.25, 0.3) is 33.9 Å². The van der Waals surface area contributed by atoms with Gasteiger partial charge in [0.25, 0.3) is 11.1 Å². The molecular weight excluding hydrogens is 544 g/mol. The predicted molar refractivity (Wildman–Crippen MR) is 176 cm³/mol. The van der Waals surface area contributed by atoms with Crippen molar-refractivity contribution in [3.63, 3.8) is 0 Å². The molecule has 0 saturated carbocycles. The maximum atomic E-state index is 14.7. The summed E-state index contributed by atoms with van der Waals surface area (Å²) in [6, 6.07) is 46.7. The molecule has 0 bridgehead atoms. The Labute approximate surface area is 254 Å². The summed E-state index contributed by atoms with van der Waals surface area (Å²) in [5.74, 6) is -0.692. The van der Waals surface area contributed by atoms with Crippen molar-refractivity contribution in [1.82, 2.24) is 19.6 Å². The van der Waals surface area contributed by atoms with Crippen LogP contribution in [0.2, 0.25) is 0 Å². The van der Waals surface area contributed by atoms with E-state index in [4.69, 9.17) is 0 Å². The molecule has 0 saturated heterocycles. The lowest BCUT2D eigenvalue weighted by molar-refractivity contribution is 0.837. The van der Waals surface area contributed by atoms with Gasteiger partial charge in [0.2, 0.25) is 0 Å². The van der Waals surface area contributed by atoms with Crippen molar-refractivity contribution in [2.24, 2.45) is 0 Å². The largest absolute Gasteiger partial charge is 0.290 e. The highest BCUT2D eigenvalue weighted by molar-refractivity contribution is 5.71. The van der Waals surface area contributed by atoms with Gasteiger partial charge in [0.1, 0.15) is 0 Å². The molecule has 0 amide bonds. The van der Waals surface area contributed by atoms with Gasteiger partial charge in [-0.15, -0.1) is 0 Å². The Morgan fingerprint density at radius 3 is 1.32 bits per heavy atom. The molecule has 0 unspecified atom stereocenters. The van der Waals surface area contributed by atoms with E-state index in [1.807, 2.05) is 146 Å². The van der Waals surface area contributed by atoms with Gasteiger partial charge in [-0.2, -0.15) is 0 Å². The molecule has 2 heterocycles. The molecule has 0 aliphatic carbocycles. The highest BCUT2D eigenvalue weighted by Gasteiger charge is 2.33. The van der Waals surface area contributed by atoms with Gasteiger partial charge in [-0.1, -0.05) is 127 Å². The van der Waals surface area contributed by atoms with Gasteiger partial charge in [-0.05, 0) is 47.9 Å². The number of aryl methyl sites for hydroxylation is 1. The van der Waals surface area contributed by atoms with Gasteiger partial charge in [0.15, 0.2) is 0 Å². The van der Waals surface area contributed by atoms with Crippen LogP contribution in [-0.4, -0.2) is 19.6 Å². The Morgan fingerprint density at radius 1 is 0.500 bits per heavy atom. The van der Waals surface area contributed by atoms with Crippen molar-refractivity contribution in [1.29, 1.82) is 0 Å². The molecule has 214 valence electrons. The average molecular weight is 575 g/mol. The van der Waals surface area contributed by atoms with E-state index in [2.05, 4.69) is 16.3 Å². The first kappa shape index (κ1) is 27.0. The summed E-state index contributed by atoms with van der Waals surface area (Å²) in [7, 11) is 0. The van der Waals surface area contributed by atoms with E-state index >= 15 is 0 Å². The minimum atomic E-state index is -0.692. The summed E-state index contributed by atoms with van der Waals surface area (Å²) in [6.45, 7) is 2.02. The topological polar surface area (TPSA) is 75.6 Å². The quantitative estimate of drug-likeness (QED) is 0.207. The second kappa shape index (κ2) is 11.4. The third kappa shape index (κ3) is 4.82. The normalized spacial score (nSPS) is 11.2. The van der Waals surface area contributed by atoms with Crippen molar-refractivity contribution in [2.45, 2.75) is 12.8 Å². The molecule has 2 N–H and O–H groups in total. The van der Waals surface area contributed by atoms with Crippen molar-refractivity contribution in [2.75, 3.05) is 0 Å². The molecule has 2 aromatic heterocycles. The highest BCUT2D eigenvalue weighted by atomic mass is 16.1. The lowest BCUT2D eigenvalue weighted by Crippen LogP contribution is -2.25. The summed E-state index contributed by atoms with van der Waals surface area (Å²) in [4.78, 5) is 29.4. The summed E-state index contributed by atoms with van der Waals surface area (Å²) in [6.07, 6.45) is 0. The number of hydrogen-bond acceptors (Lipinski definition) is 2. The number of rotatable bonds is 7. The zero-order valence-corrected chi connectivity index (χ0v) is 24.1. The van der Waals surface area contributed by atoms with Crippen LogP contribution in [0.15, 0.2) is 155 Å². The van der Waals surface area contributed by atoms with Gasteiger partial charge in [-0.25, -0.2) is 9.36 Å². The van der Waals surface area contributed by atoms with Crippen LogP contribution < -0.4 is 11.1 Å². The summed E-state index contributed by atoms with van der Waals surface area (Å²) in [5.41, 5.74) is 6.91. The zero-order chi connectivity index (χ0) is 30.0. The number of nitrogens with one attached hydrogen (secondary N) is 2. The van der Waals surface area contributed by atoms with Crippen molar-refractivity contribution in [3.8, 4) is 33.9 Å². The number of aromatic nitrogens is 4. The Morgan fingerprint density at radius 2 is 0.909 bits per heavy atom. The highest BCUT2D eigenvalue weighted by Crippen LogP contribution is 2.39. The first-order chi connectivity index (χ1) is 21.6. The van der Waals surface area contributed by atoms with Gasteiger partial charge in [0, 0.05) is 5.92 Å². The van der Waals surface area contributed by atoms with E-state index in [1.165, 1.54) is 0 Å². The van der Waals surface area contributed by atoms with Crippen molar-refractivity contribution < 1.29 is 0 Å². The van der Waals surface area contributed by atoms with Crippen LogP contribution in [0.4, 0.5) is 0 Å². The first-order valence-electron chi connectivity index (χ1n) is 14.6. The third-order valence-corrected chi connectivity index (χ3v) is 7.96. The maximum absolute atomic E-state index is 14.7. The molecule has 6 heteroatoms. The van der Waals surface area contributed by atoms with Crippen LogP contribution in [0.5, 0.6) is 0 Å². The molecule has 0 fully saturated rings. The Bertz CT molecular complexity index is 2020. The van der Waals surface area contributed by atoms with E-state index < -0.39 is 5.92 Å². The van der Waals surface area contributed by atoms with Gasteiger partial charge in [-0.3, -0.25) is 19.8 Å². The Kier molecular flexibility index (Phi) is 7.00. The van der Waals surface area contributed by atoms with Crippen LogP contribution in [0.1, 0.15) is 28.2 Å². The number of nitrogens with zero attached hydrogens (tertiary/aromatic N) is 2. The zero-order valence-electron chi connectivity index (χ0n) is 24.1.